The number of likely N-dealkylation sites (tertiary alicyclic amines) is 1. The molecule has 0 aromatic heterocycles. The van der Waals surface area contributed by atoms with Gasteiger partial charge in [-0.15, -0.1) is 0 Å². The predicted molar refractivity (Wildman–Crippen MR) is 79.8 cm³/mol. The number of rotatable bonds is 3. The van der Waals surface area contributed by atoms with E-state index in [1.165, 1.54) is 12.0 Å². The summed E-state index contributed by atoms with van der Waals surface area (Å²) >= 11 is 9.82. The first kappa shape index (κ1) is 14.2. The zero-order valence-electron chi connectivity index (χ0n) is 10.8. The molecule has 2 nitrogen and oxygen atoms in total. The van der Waals surface area contributed by atoms with Crippen LogP contribution in [0, 0.1) is 5.92 Å². The second kappa shape index (κ2) is 6.27. The van der Waals surface area contributed by atoms with E-state index >= 15 is 0 Å². The molecule has 0 N–H and O–H groups in total. The lowest BCUT2D eigenvalue weighted by Gasteiger charge is -2.34. The van der Waals surface area contributed by atoms with Crippen LogP contribution in [-0.4, -0.2) is 29.9 Å². The first-order chi connectivity index (χ1) is 8.60. The summed E-state index contributed by atoms with van der Waals surface area (Å²) in [5, 5.41) is 0.770. The monoisotopic (exact) mass is 331 g/mol. The van der Waals surface area contributed by atoms with Gasteiger partial charge < -0.3 is 4.74 Å². The molecule has 1 heterocycles. The summed E-state index contributed by atoms with van der Waals surface area (Å²) in [6.07, 6.45) is 1.23. The highest BCUT2D eigenvalue weighted by molar-refractivity contribution is 9.09. The predicted octanol–water partition coefficient (Wildman–Crippen LogP) is 3.95. The number of ether oxygens (including phenoxy) is 1. The van der Waals surface area contributed by atoms with E-state index in [4.69, 9.17) is 16.3 Å². The fraction of sp³-hybridized carbons (Fsp3) is 0.571. The molecule has 0 amide bonds. The van der Waals surface area contributed by atoms with E-state index in [1.54, 1.807) is 7.11 Å². The van der Waals surface area contributed by atoms with Gasteiger partial charge in [-0.05, 0) is 37.1 Å². The molecule has 1 fully saturated rings. The van der Waals surface area contributed by atoms with Gasteiger partial charge in [0.25, 0.3) is 0 Å². The van der Waals surface area contributed by atoms with Gasteiger partial charge >= 0.3 is 0 Å². The van der Waals surface area contributed by atoms with Crippen molar-refractivity contribution in [1.29, 1.82) is 0 Å². The highest BCUT2D eigenvalue weighted by Crippen LogP contribution is 2.28. The minimum atomic E-state index is 0.580. The lowest BCUT2D eigenvalue weighted by Crippen LogP contribution is -2.39. The van der Waals surface area contributed by atoms with Crippen molar-refractivity contribution in [2.24, 2.45) is 5.92 Å². The third kappa shape index (κ3) is 3.40. The largest absolute Gasteiger partial charge is 0.496 e. The van der Waals surface area contributed by atoms with Gasteiger partial charge in [0.15, 0.2) is 0 Å². The topological polar surface area (TPSA) is 12.5 Å². The summed E-state index contributed by atoms with van der Waals surface area (Å²) < 4.78 is 5.39. The van der Waals surface area contributed by atoms with Crippen LogP contribution in [0.1, 0.15) is 18.9 Å². The Kier molecular flexibility index (Phi) is 4.93. The standard InChI is InChI=1S/C14H19BrClNO/c1-10-5-6-17(9-13(10)15)8-11-7-12(16)3-4-14(11)18-2/h3-4,7,10,13H,5-6,8-9H2,1-2H3. The van der Waals surface area contributed by atoms with Crippen molar-refractivity contribution >= 4 is 27.5 Å². The Balaban J connectivity index is 2.07. The molecule has 1 aromatic rings. The van der Waals surface area contributed by atoms with Crippen molar-refractivity contribution in [3.8, 4) is 5.75 Å². The van der Waals surface area contributed by atoms with Gasteiger partial charge in [-0.1, -0.05) is 34.5 Å². The highest BCUT2D eigenvalue weighted by Gasteiger charge is 2.24. The van der Waals surface area contributed by atoms with Crippen molar-refractivity contribution in [1.82, 2.24) is 4.90 Å². The van der Waals surface area contributed by atoms with Gasteiger partial charge in [0, 0.05) is 28.5 Å². The van der Waals surface area contributed by atoms with Gasteiger partial charge in [-0.3, -0.25) is 4.90 Å². The quantitative estimate of drug-likeness (QED) is 0.777. The minimum Gasteiger partial charge on any atom is -0.496 e. The summed E-state index contributed by atoms with van der Waals surface area (Å²) in [5.74, 6) is 1.67. The smallest absolute Gasteiger partial charge is 0.123 e. The third-order valence-corrected chi connectivity index (χ3v) is 5.01. The number of halogens is 2. The van der Waals surface area contributed by atoms with Gasteiger partial charge in [0.05, 0.1) is 7.11 Å². The molecule has 0 aliphatic carbocycles. The molecule has 1 aromatic carbocycles. The van der Waals surface area contributed by atoms with E-state index in [1.807, 2.05) is 18.2 Å². The summed E-state index contributed by atoms with van der Waals surface area (Å²) in [7, 11) is 1.71. The van der Waals surface area contributed by atoms with E-state index < -0.39 is 0 Å². The molecule has 2 atom stereocenters. The second-order valence-corrected chi connectivity index (χ2v) is 6.59. The molecule has 0 bridgehead atoms. The molecule has 18 heavy (non-hydrogen) atoms. The Bertz CT molecular complexity index is 413. The number of alkyl halides is 1. The molecule has 2 rings (SSSR count). The van der Waals surface area contributed by atoms with Crippen LogP contribution in [0.5, 0.6) is 5.75 Å². The normalized spacial score (nSPS) is 25.1. The number of methoxy groups -OCH3 is 1. The number of hydrogen-bond acceptors (Lipinski definition) is 2. The van der Waals surface area contributed by atoms with Gasteiger partial charge in [-0.2, -0.15) is 0 Å². The fourth-order valence-electron chi connectivity index (χ4n) is 2.34. The number of benzene rings is 1. The van der Waals surface area contributed by atoms with Crippen molar-refractivity contribution in [2.75, 3.05) is 20.2 Å². The Morgan fingerprint density at radius 2 is 2.28 bits per heavy atom. The molecule has 1 aliphatic heterocycles. The lowest BCUT2D eigenvalue weighted by atomic mass is 9.98. The summed E-state index contributed by atoms with van der Waals surface area (Å²) in [6, 6.07) is 5.81. The molecule has 1 aliphatic rings. The van der Waals surface area contributed by atoms with Gasteiger partial charge in [-0.25, -0.2) is 0 Å². The SMILES string of the molecule is COc1ccc(Cl)cc1CN1CCC(C)C(Br)C1. The zero-order valence-corrected chi connectivity index (χ0v) is 13.2. The first-order valence-corrected chi connectivity index (χ1v) is 7.58. The van der Waals surface area contributed by atoms with E-state index in [0.29, 0.717) is 4.83 Å². The third-order valence-electron chi connectivity index (χ3n) is 3.59. The van der Waals surface area contributed by atoms with E-state index in [0.717, 1.165) is 36.3 Å². The zero-order chi connectivity index (χ0) is 13.1. The molecule has 0 saturated carbocycles. The number of nitrogens with zero attached hydrogens (tertiary/aromatic N) is 1. The van der Waals surface area contributed by atoms with Crippen molar-refractivity contribution < 1.29 is 4.74 Å². The molecule has 0 radical (unpaired) electrons. The Labute approximate surface area is 122 Å². The van der Waals surface area contributed by atoms with E-state index in [2.05, 4.69) is 27.8 Å². The van der Waals surface area contributed by atoms with Crippen LogP contribution in [0.25, 0.3) is 0 Å². The number of hydrogen-bond donors (Lipinski definition) is 0. The molecule has 0 spiro atoms. The van der Waals surface area contributed by atoms with Crippen LogP contribution in [0.2, 0.25) is 5.02 Å². The maximum Gasteiger partial charge on any atom is 0.123 e. The van der Waals surface area contributed by atoms with Gasteiger partial charge in [0.2, 0.25) is 0 Å². The first-order valence-electron chi connectivity index (χ1n) is 6.29. The average Bonchev–Trinajstić information content (AvgIpc) is 2.34. The van der Waals surface area contributed by atoms with Crippen LogP contribution < -0.4 is 4.74 Å². The maximum atomic E-state index is 6.06. The van der Waals surface area contributed by atoms with Gasteiger partial charge in [0.1, 0.15) is 5.75 Å². The van der Waals surface area contributed by atoms with Crippen molar-refractivity contribution in [2.45, 2.75) is 24.7 Å². The van der Waals surface area contributed by atoms with Crippen molar-refractivity contribution in [3.05, 3.63) is 28.8 Å². The van der Waals surface area contributed by atoms with Crippen molar-refractivity contribution in [3.63, 3.8) is 0 Å². The van der Waals surface area contributed by atoms with E-state index in [9.17, 15) is 0 Å². The van der Waals surface area contributed by atoms with Crippen LogP contribution >= 0.6 is 27.5 Å². The summed E-state index contributed by atoms with van der Waals surface area (Å²) in [5.41, 5.74) is 1.17. The van der Waals surface area contributed by atoms with E-state index in [-0.39, 0.29) is 0 Å². The molecular weight excluding hydrogens is 314 g/mol. The van der Waals surface area contributed by atoms with Crippen LogP contribution in [0.3, 0.4) is 0 Å². The second-order valence-electron chi connectivity index (χ2n) is 4.97. The average molecular weight is 333 g/mol. The molecule has 2 unspecified atom stereocenters. The lowest BCUT2D eigenvalue weighted by molar-refractivity contribution is 0.192. The number of piperidine rings is 1. The molecule has 1 saturated heterocycles. The highest BCUT2D eigenvalue weighted by atomic mass is 79.9. The minimum absolute atomic E-state index is 0.580. The van der Waals surface area contributed by atoms with Crippen LogP contribution in [-0.2, 0) is 6.54 Å². The summed E-state index contributed by atoms with van der Waals surface area (Å²) in [6.45, 7) is 5.42. The van der Waals surface area contributed by atoms with Crippen LogP contribution in [0.4, 0.5) is 0 Å². The maximum absolute atomic E-state index is 6.06. The fourth-order valence-corrected chi connectivity index (χ4v) is 3.21. The summed E-state index contributed by atoms with van der Waals surface area (Å²) in [4.78, 5) is 3.03. The Morgan fingerprint density at radius 3 is 2.94 bits per heavy atom. The van der Waals surface area contributed by atoms with Crippen LogP contribution in [0.15, 0.2) is 18.2 Å². The Morgan fingerprint density at radius 1 is 1.50 bits per heavy atom. The molecule has 4 heteroatoms. The Hall–Kier alpha value is -0.250. The molecule has 100 valence electrons. The molecular formula is C14H19BrClNO.